The molecule has 1 aliphatic rings. The van der Waals surface area contributed by atoms with Crippen molar-refractivity contribution in [2.45, 2.75) is 5.16 Å². The lowest BCUT2D eigenvalue weighted by Gasteiger charge is -2.26. The largest absolute Gasteiger partial charge is 0.496 e. The van der Waals surface area contributed by atoms with Crippen molar-refractivity contribution in [2.75, 3.05) is 52.8 Å². The van der Waals surface area contributed by atoms with Crippen LogP contribution in [0.1, 0.15) is 0 Å². The van der Waals surface area contributed by atoms with Gasteiger partial charge in [0.15, 0.2) is 11.0 Å². The van der Waals surface area contributed by atoms with Gasteiger partial charge in [-0.2, -0.15) is 0 Å². The van der Waals surface area contributed by atoms with Gasteiger partial charge in [0.05, 0.1) is 43.7 Å². The van der Waals surface area contributed by atoms with Crippen molar-refractivity contribution >= 4 is 35.0 Å². The zero-order chi connectivity index (χ0) is 22.5. The van der Waals surface area contributed by atoms with Gasteiger partial charge in [-0.3, -0.25) is 9.47 Å². The number of methoxy groups -OCH3 is 2. The van der Waals surface area contributed by atoms with Crippen molar-refractivity contribution in [1.82, 2.24) is 19.7 Å². The van der Waals surface area contributed by atoms with Gasteiger partial charge in [-0.25, -0.2) is 0 Å². The van der Waals surface area contributed by atoms with E-state index in [4.69, 9.17) is 37.4 Å². The van der Waals surface area contributed by atoms with E-state index in [1.165, 1.54) is 0 Å². The monoisotopic (exact) mass is 494 g/mol. The summed E-state index contributed by atoms with van der Waals surface area (Å²) >= 11 is 14.4. The van der Waals surface area contributed by atoms with Crippen LogP contribution in [0.25, 0.3) is 17.1 Å². The number of hydrogen-bond acceptors (Lipinski definition) is 7. The van der Waals surface area contributed by atoms with Crippen LogP contribution < -0.4 is 9.47 Å². The molecule has 170 valence electrons. The molecule has 10 heteroatoms. The molecule has 32 heavy (non-hydrogen) atoms. The van der Waals surface area contributed by atoms with Crippen molar-refractivity contribution in [3.05, 3.63) is 46.4 Å². The van der Waals surface area contributed by atoms with Crippen molar-refractivity contribution in [3.8, 4) is 28.6 Å². The summed E-state index contributed by atoms with van der Waals surface area (Å²) in [6.45, 7) is 4.41. The molecule has 2 heterocycles. The second-order valence-corrected chi connectivity index (χ2v) is 9.01. The number of aromatic nitrogens is 3. The Kier molecular flexibility index (Phi) is 7.80. The number of rotatable bonds is 8. The van der Waals surface area contributed by atoms with E-state index in [9.17, 15) is 0 Å². The van der Waals surface area contributed by atoms with Crippen molar-refractivity contribution in [3.63, 3.8) is 0 Å². The third kappa shape index (κ3) is 5.15. The minimum absolute atomic E-state index is 0.506. The van der Waals surface area contributed by atoms with E-state index in [0.29, 0.717) is 27.4 Å². The lowest BCUT2D eigenvalue weighted by Crippen LogP contribution is -2.37. The molecule has 1 saturated heterocycles. The first-order chi connectivity index (χ1) is 15.6. The normalized spacial score (nSPS) is 14.5. The number of halogens is 2. The first-order valence-electron chi connectivity index (χ1n) is 10.2. The number of morpholine rings is 1. The van der Waals surface area contributed by atoms with Gasteiger partial charge in [-0.1, -0.05) is 35.0 Å². The molecule has 0 unspecified atom stereocenters. The molecular formula is C22H24Cl2N4O3S. The molecule has 0 N–H and O–H groups in total. The Labute approximate surface area is 201 Å². The molecule has 1 aromatic heterocycles. The Balaban J connectivity index is 1.70. The maximum atomic E-state index is 6.44. The van der Waals surface area contributed by atoms with Crippen LogP contribution in [0.4, 0.5) is 0 Å². The van der Waals surface area contributed by atoms with Gasteiger partial charge in [-0.15, -0.1) is 10.2 Å². The molecular weight excluding hydrogens is 471 g/mol. The molecule has 4 rings (SSSR count). The van der Waals surface area contributed by atoms with Gasteiger partial charge in [0.1, 0.15) is 11.5 Å². The summed E-state index contributed by atoms with van der Waals surface area (Å²) in [5.74, 6) is 2.76. The maximum absolute atomic E-state index is 6.44. The van der Waals surface area contributed by atoms with Crippen molar-refractivity contribution < 1.29 is 14.2 Å². The fourth-order valence-electron chi connectivity index (χ4n) is 3.51. The highest BCUT2D eigenvalue weighted by Crippen LogP contribution is 2.36. The van der Waals surface area contributed by atoms with Gasteiger partial charge in [-0.05, 0) is 36.4 Å². The highest BCUT2D eigenvalue weighted by atomic mass is 35.5. The summed E-state index contributed by atoms with van der Waals surface area (Å²) in [4.78, 5) is 2.39. The van der Waals surface area contributed by atoms with Crippen LogP contribution in [0, 0.1) is 0 Å². The summed E-state index contributed by atoms with van der Waals surface area (Å²) < 4.78 is 18.3. The number of benzene rings is 2. The van der Waals surface area contributed by atoms with E-state index in [1.54, 1.807) is 32.0 Å². The first kappa shape index (κ1) is 23.2. The molecule has 2 aromatic carbocycles. The Morgan fingerprint density at radius 3 is 2.47 bits per heavy atom. The Hall–Kier alpha value is -1.97. The second kappa shape index (κ2) is 10.8. The van der Waals surface area contributed by atoms with Crippen LogP contribution in [0.3, 0.4) is 0 Å². The molecule has 3 aromatic rings. The fraction of sp³-hybridized carbons (Fsp3) is 0.364. The molecule has 0 saturated carbocycles. The summed E-state index contributed by atoms with van der Waals surface area (Å²) in [5.41, 5.74) is 1.58. The average Bonchev–Trinajstić information content (AvgIpc) is 3.23. The standard InChI is InChI=1S/C22H24Cl2N4O3S/c1-29-19-5-3-15(23)13-17(19)21-25-26-22(32-12-9-27-7-10-31-11-8-27)28(21)16-4-6-20(30-2)18(24)14-16/h3-6,13-14H,7-12H2,1-2H3. The predicted molar refractivity (Wildman–Crippen MR) is 128 cm³/mol. The highest BCUT2D eigenvalue weighted by molar-refractivity contribution is 7.99. The molecule has 0 aliphatic carbocycles. The van der Waals surface area contributed by atoms with Crippen molar-refractivity contribution in [1.29, 1.82) is 0 Å². The maximum Gasteiger partial charge on any atom is 0.196 e. The predicted octanol–water partition coefficient (Wildman–Crippen LogP) is 4.68. The minimum Gasteiger partial charge on any atom is -0.496 e. The number of ether oxygens (including phenoxy) is 3. The molecule has 0 radical (unpaired) electrons. The van der Waals surface area contributed by atoms with E-state index in [-0.39, 0.29) is 0 Å². The van der Waals surface area contributed by atoms with Crippen LogP contribution in [0.2, 0.25) is 10.0 Å². The quantitative estimate of drug-likeness (QED) is 0.421. The van der Waals surface area contributed by atoms with Crippen LogP contribution in [0.15, 0.2) is 41.6 Å². The Bertz CT molecular complexity index is 1070. The van der Waals surface area contributed by atoms with Gasteiger partial charge in [0.2, 0.25) is 0 Å². The molecule has 0 bridgehead atoms. The van der Waals surface area contributed by atoms with Gasteiger partial charge < -0.3 is 14.2 Å². The van der Waals surface area contributed by atoms with Gasteiger partial charge in [0.25, 0.3) is 0 Å². The third-order valence-corrected chi connectivity index (χ3v) is 6.61. The van der Waals surface area contributed by atoms with E-state index >= 15 is 0 Å². The van der Waals surface area contributed by atoms with Crippen LogP contribution in [-0.2, 0) is 4.74 Å². The Morgan fingerprint density at radius 1 is 1.00 bits per heavy atom. The summed E-state index contributed by atoms with van der Waals surface area (Å²) in [6, 6.07) is 11.0. The van der Waals surface area contributed by atoms with E-state index in [2.05, 4.69) is 15.1 Å². The van der Waals surface area contributed by atoms with Crippen LogP contribution in [-0.4, -0.2) is 72.5 Å². The number of thioether (sulfide) groups is 1. The minimum atomic E-state index is 0.506. The van der Waals surface area contributed by atoms with E-state index < -0.39 is 0 Å². The number of hydrogen-bond donors (Lipinski definition) is 0. The zero-order valence-corrected chi connectivity index (χ0v) is 20.2. The van der Waals surface area contributed by atoms with Crippen LogP contribution in [0.5, 0.6) is 11.5 Å². The molecule has 0 amide bonds. The lowest BCUT2D eigenvalue weighted by atomic mass is 10.2. The fourth-order valence-corrected chi connectivity index (χ4v) is 4.89. The lowest BCUT2D eigenvalue weighted by molar-refractivity contribution is 0.0410. The third-order valence-electron chi connectivity index (χ3n) is 5.17. The van der Waals surface area contributed by atoms with Crippen LogP contribution >= 0.6 is 35.0 Å². The summed E-state index contributed by atoms with van der Waals surface area (Å²) in [7, 11) is 3.21. The number of nitrogens with zero attached hydrogens (tertiary/aromatic N) is 4. The van der Waals surface area contributed by atoms with Crippen molar-refractivity contribution in [2.24, 2.45) is 0 Å². The van der Waals surface area contributed by atoms with Gasteiger partial charge in [0, 0.05) is 30.4 Å². The SMILES string of the molecule is COc1ccc(-n2c(SCCN3CCOCC3)nnc2-c2cc(Cl)ccc2OC)cc1Cl. The van der Waals surface area contributed by atoms with Gasteiger partial charge >= 0.3 is 0 Å². The van der Waals surface area contributed by atoms with E-state index in [1.807, 2.05) is 34.9 Å². The topological polar surface area (TPSA) is 61.6 Å². The average molecular weight is 495 g/mol. The summed E-state index contributed by atoms with van der Waals surface area (Å²) in [6.07, 6.45) is 0. The molecule has 7 nitrogen and oxygen atoms in total. The summed E-state index contributed by atoms with van der Waals surface area (Å²) in [5, 5.41) is 10.8. The molecule has 1 aliphatic heterocycles. The zero-order valence-electron chi connectivity index (χ0n) is 17.9. The molecule has 0 atom stereocenters. The smallest absolute Gasteiger partial charge is 0.196 e. The first-order valence-corrected chi connectivity index (χ1v) is 11.9. The molecule has 1 fully saturated rings. The second-order valence-electron chi connectivity index (χ2n) is 7.11. The highest BCUT2D eigenvalue weighted by Gasteiger charge is 2.21. The molecule has 0 spiro atoms. The van der Waals surface area contributed by atoms with E-state index in [0.717, 1.165) is 55.0 Å². The Morgan fingerprint density at radius 2 is 1.75 bits per heavy atom.